The second kappa shape index (κ2) is 12.5. The van der Waals surface area contributed by atoms with Gasteiger partial charge in [-0.3, -0.25) is 4.79 Å². The molecule has 0 saturated heterocycles. The van der Waals surface area contributed by atoms with E-state index < -0.39 is 23.5 Å². The summed E-state index contributed by atoms with van der Waals surface area (Å²) in [7, 11) is 0. The lowest BCUT2D eigenvalue weighted by molar-refractivity contribution is -0.160. The molecule has 8 heteroatoms. The minimum absolute atomic E-state index is 0.0178. The van der Waals surface area contributed by atoms with E-state index in [9.17, 15) is 14.7 Å². The first-order valence-corrected chi connectivity index (χ1v) is 15.7. The summed E-state index contributed by atoms with van der Waals surface area (Å²) in [6.45, 7) is 16.5. The average Bonchev–Trinajstić information content (AvgIpc) is 2.98. The summed E-state index contributed by atoms with van der Waals surface area (Å²) < 4.78 is 33.4. The Morgan fingerprint density at radius 2 is 1.73 bits per heavy atom. The van der Waals surface area contributed by atoms with E-state index in [2.05, 4.69) is 0 Å². The number of hydrogen-bond donors (Lipinski definition) is 1. The van der Waals surface area contributed by atoms with Gasteiger partial charge < -0.3 is 24.2 Å². The third kappa shape index (κ3) is 6.43. The number of benzene rings is 3. The minimum Gasteiger partial charge on any atom is -0.491 e. The molecule has 0 saturated carbocycles. The van der Waals surface area contributed by atoms with E-state index in [4.69, 9.17) is 14.2 Å². The van der Waals surface area contributed by atoms with Gasteiger partial charge in [-0.1, -0.05) is 6.07 Å². The number of hydrogen-bond acceptors (Lipinski definition) is 5. The van der Waals surface area contributed by atoms with E-state index in [0.717, 1.165) is 39.8 Å². The molecule has 45 heavy (non-hydrogen) atoms. The lowest BCUT2D eigenvalue weighted by Gasteiger charge is -2.36. The third-order valence-corrected chi connectivity index (χ3v) is 8.70. The summed E-state index contributed by atoms with van der Waals surface area (Å²) in [5.41, 5.74) is 6.85. The van der Waals surface area contributed by atoms with Crippen LogP contribution < -0.4 is 9.47 Å². The number of ether oxygens (including phenoxy) is 3. The molecule has 3 aromatic rings. The van der Waals surface area contributed by atoms with Crippen molar-refractivity contribution in [3.63, 3.8) is 0 Å². The Morgan fingerprint density at radius 3 is 2.40 bits per heavy atom. The van der Waals surface area contributed by atoms with Gasteiger partial charge in [-0.2, -0.15) is 0 Å². The summed E-state index contributed by atoms with van der Waals surface area (Å²) in [6.07, 6.45) is 0.707. The molecular weight excluding hydrogens is 573 g/mol. The van der Waals surface area contributed by atoms with Crippen molar-refractivity contribution in [3.05, 3.63) is 80.7 Å². The normalized spacial score (nSPS) is 15.3. The van der Waals surface area contributed by atoms with Crippen LogP contribution in [0.5, 0.6) is 11.5 Å². The van der Waals surface area contributed by atoms with E-state index in [1.807, 2.05) is 72.4 Å². The summed E-state index contributed by atoms with van der Waals surface area (Å²) in [5.74, 6) is -0.763. The molecule has 1 atom stereocenters. The SMILES string of the molecule is Cc1c(-c2c(C)c3c(c(C)c2[C@H](OC(C)(C)C)C(=O)O)CCN(C(=O)c2cccc(OC(C)C)c2)C3)cc(F)c2c1CCCO2. The molecule has 0 aliphatic carbocycles. The zero-order valence-corrected chi connectivity index (χ0v) is 27.6. The fourth-order valence-electron chi connectivity index (χ4n) is 6.73. The Hall–Kier alpha value is -3.91. The van der Waals surface area contributed by atoms with E-state index in [-0.39, 0.29) is 17.8 Å². The summed E-state index contributed by atoms with van der Waals surface area (Å²) >= 11 is 0. The smallest absolute Gasteiger partial charge is 0.337 e. The molecule has 240 valence electrons. The van der Waals surface area contributed by atoms with Gasteiger partial charge in [0.15, 0.2) is 17.7 Å². The molecule has 0 bridgehead atoms. The maximum atomic E-state index is 15.7. The van der Waals surface area contributed by atoms with Crippen LogP contribution in [0.4, 0.5) is 4.39 Å². The number of nitrogens with zero attached hydrogens (tertiary/aromatic N) is 1. The Morgan fingerprint density at radius 1 is 1.00 bits per heavy atom. The number of halogens is 1. The van der Waals surface area contributed by atoms with E-state index in [1.54, 1.807) is 12.1 Å². The van der Waals surface area contributed by atoms with E-state index >= 15 is 4.39 Å². The summed E-state index contributed by atoms with van der Waals surface area (Å²) in [5, 5.41) is 10.5. The highest BCUT2D eigenvalue weighted by atomic mass is 19.1. The minimum atomic E-state index is -1.28. The molecule has 0 unspecified atom stereocenters. The Bertz CT molecular complexity index is 1650. The Balaban J connectivity index is 1.69. The first kappa shape index (κ1) is 32.5. The molecule has 1 amide bonds. The van der Waals surface area contributed by atoms with Crippen LogP contribution in [0.15, 0.2) is 30.3 Å². The fourth-order valence-corrected chi connectivity index (χ4v) is 6.73. The van der Waals surface area contributed by atoms with Crippen LogP contribution in [0.25, 0.3) is 11.1 Å². The molecule has 0 spiro atoms. The van der Waals surface area contributed by atoms with E-state index in [1.165, 1.54) is 6.07 Å². The van der Waals surface area contributed by atoms with Gasteiger partial charge in [-0.25, -0.2) is 9.18 Å². The zero-order valence-electron chi connectivity index (χ0n) is 27.6. The molecule has 2 aliphatic rings. The van der Waals surface area contributed by atoms with Crippen molar-refractivity contribution in [2.75, 3.05) is 13.2 Å². The number of carbonyl (C=O) groups excluding carboxylic acids is 1. The summed E-state index contributed by atoms with van der Waals surface area (Å²) in [6, 6.07) is 8.70. The van der Waals surface area contributed by atoms with Crippen LogP contribution in [0.2, 0.25) is 0 Å². The lowest BCUT2D eigenvalue weighted by atomic mass is 9.78. The van der Waals surface area contributed by atoms with Gasteiger partial charge in [-0.15, -0.1) is 0 Å². The number of carboxylic acid groups (broad SMARTS) is 1. The van der Waals surface area contributed by atoms with E-state index in [0.29, 0.717) is 60.5 Å². The number of carbonyl (C=O) groups is 2. The maximum absolute atomic E-state index is 15.7. The number of rotatable bonds is 7. The van der Waals surface area contributed by atoms with Crippen LogP contribution in [0, 0.1) is 26.6 Å². The number of amides is 1. The highest BCUT2D eigenvalue weighted by molar-refractivity contribution is 5.95. The Labute approximate surface area is 265 Å². The van der Waals surface area contributed by atoms with Gasteiger partial charge >= 0.3 is 5.97 Å². The van der Waals surface area contributed by atoms with Crippen molar-refractivity contribution in [2.24, 2.45) is 0 Å². The molecular formula is C37H44FNO6. The van der Waals surface area contributed by atoms with Crippen molar-refractivity contribution < 1.29 is 33.3 Å². The molecule has 5 rings (SSSR count). The maximum Gasteiger partial charge on any atom is 0.337 e. The second-order valence-electron chi connectivity index (χ2n) is 13.4. The molecule has 0 aromatic heterocycles. The lowest BCUT2D eigenvalue weighted by Crippen LogP contribution is -2.37. The number of fused-ring (bicyclic) bond motifs is 2. The van der Waals surface area contributed by atoms with Crippen LogP contribution in [-0.4, -0.2) is 46.7 Å². The Kier molecular flexibility index (Phi) is 9.00. The van der Waals surface area contributed by atoms with Crippen molar-refractivity contribution in [1.82, 2.24) is 4.90 Å². The highest BCUT2D eigenvalue weighted by Gasteiger charge is 2.36. The summed E-state index contributed by atoms with van der Waals surface area (Å²) in [4.78, 5) is 28.5. The quantitative estimate of drug-likeness (QED) is 0.293. The molecule has 1 N–H and O–H groups in total. The number of aliphatic carboxylic acids is 1. The van der Waals surface area contributed by atoms with Crippen LogP contribution in [0.1, 0.15) is 96.4 Å². The van der Waals surface area contributed by atoms with Crippen molar-refractivity contribution in [2.45, 2.75) is 99.0 Å². The van der Waals surface area contributed by atoms with Gasteiger partial charge in [0.2, 0.25) is 0 Å². The number of carboxylic acids is 1. The topological polar surface area (TPSA) is 85.3 Å². The van der Waals surface area contributed by atoms with Crippen LogP contribution in [0.3, 0.4) is 0 Å². The van der Waals surface area contributed by atoms with Gasteiger partial charge in [-0.05, 0) is 138 Å². The first-order valence-electron chi connectivity index (χ1n) is 15.7. The monoisotopic (exact) mass is 617 g/mol. The van der Waals surface area contributed by atoms with Gasteiger partial charge in [0.1, 0.15) is 5.75 Å². The van der Waals surface area contributed by atoms with Crippen molar-refractivity contribution >= 4 is 11.9 Å². The fraction of sp³-hybridized carbons (Fsp3) is 0.459. The predicted octanol–water partition coefficient (Wildman–Crippen LogP) is 7.67. The van der Waals surface area contributed by atoms with Crippen LogP contribution in [-0.2, 0) is 28.9 Å². The highest BCUT2D eigenvalue weighted by Crippen LogP contribution is 2.46. The van der Waals surface area contributed by atoms with Gasteiger partial charge in [0.05, 0.1) is 18.3 Å². The molecule has 2 aliphatic heterocycles. The average molecular weight is 618 g/mol. The van der Waals surface area contributed by atoms with Crippen molar-refractivity contribution in [1.29, 1.82) is 0 Å². The largest absolute Gasteiger partial charge is 0.491 e. The van der Waals surface area contributed by atoms with Gasteiger partial charge in [0.25, 0.3) is 5.91 Å². The van der Waals surface area contributed by atoms with Crippen molar-refractivity contribution in [3.8, 4) is 22.6 Å². The molecule has 3 aromatic carbocycles. The molecule has 0 radical (unpaired) electrons. The van der Waals surface area contributed by atoms with Crippen LogP contribution >= 0.6 is 0 Å². The second-order valence-corrected chi connectivity index (χ2v) is 13.4. The standard InChI is InChI=1S/C37H44FNO6/c1-20(2)44-25-12-9-11-24(17-25)35(40)39-15-14-26-22(4)32(34(36(41)42)45-37(6,7)8)31(23(5)29(26)19-39)28-18-30(38)33-27(21(28)3)13-10-16-43-33/h9,11-12,17-18,20,34H,10,13-16,19H2,1-8H3,(H,41,42)/t34-/m0/s1. The molecule has 0 fully saturated rings. The molecule has 2 heterocycles. The molecule has 7 nitrogen and oxygen atoms in total. The predicted molar refractivity (Wildman–Crippen MR) is 172 cm³/mol. The third-order valence-electron chi connectivity index (χ3n) is 8.70. The zero-order chi connectivity index (χ0) is 32.8. The first-order chi connectivity index (χ1) is 21.2. The van der Waals surface area contributed by atoms with Gasteiger partial charge in [0, 0.05) is 29.8 Å².